The molecule has 0 atom stereocenters. The molecule has 0 spiro atoms. The summed E-state index contributed by atoms with van der Waals surface area (Å²) in [5, 5.41) is 0. The van der Waals surface area contributed by atoms with Gasteiger partial charge < -0.3 is 0 Å². The van der Waals surface area contributed by atoms with Crippen molar-refractivity contribution in [2.45, 2.75) is 13.8 Å². The highest BCUT2D eigenvalue weighted by Crippen LogP contribution is 2.26. The number of carbonyl (C=O) groups excluding carboxylic acids is 1. The third-order valence-electron chi connectivity index (χ3n) is 2.31. The Morgan fingerprint density at radius 2 is 2.06 bits per heavy atom. The van der Waals surface area contributed by atoms with Gasteiger partial charge in [0.2, 0.25) is 0 Å². The van der Waals surface area contributed by atoms with Crippen molar-refractivity contribution in [2.75, 3.05) is 0 Å². The number of halogens is 1. The van der Waals surface area contributed by atoms with E-state index in [4.69, 9.17) is 0 Å². The average Bonchev–Trinajstić information content (AvgIpc) is 2.28. The number of benzene rings is 1. The number of carbonyl (C=O) groups is 1. The first-order valence-corrected chi connectivity index (χ1v) is 6.15. The van der Waals surface area contributed by atoms with Crippen molar-refractivity contribution in [1.29, 1.82) is 0 Å². The van der Waals surface area contributed by atoms with Gasteiger partial charge in [-0.2, -0.15) is 0 Å². The first-order chi connectivity index (χ1) is 8.07. The Bertz CT molecular complexity index is 496. The highest BCUT2D eigenvalue weighted by atomic mass is 79.9. The molecule has 0 fully saturated rings. The number of rotatable bonds is 4. The molecule has 0 bridgehead atoms. The van der Waals surface area contributed by atoms with E-state index in [-0.39, 0.29) is 5.78 Å². The molecule has 0 unspecified atom stereocenters. The summed E-state index contributed by atoms with van der Waals surface area (Å²) in [6.07, 6.45) is 7.68. The van der Waals surface area contributed by atoms with Crippen molar-refractivity contribution in [2.24, 2.45) is 0 Å². The Kier molecular flexibility index (Phi) is 5.11. The van der Waals surface area contributed by atoms with Crippen LogP contribution in [0.3, 0.4) is 0 Å². The number of Topliss-reactive ketones (excluding diaryl/α,β-unsaturated/α-hetero) is 1. The molecule has 1 rings (SSSR count). The van der Waals surface area contributed by atoms with Gasteiger partial charge in [-0.15, -0.1) is 0 Å². The molecule has 0 amide bonds. The quantitative estimate of drug-likeness (QED) is 0.575. The summed E-state index contributed by atoms with van der Waals surface area (Å²) in [4.78, 5) is 11.6. The molecule has 1 aromatic carbocycles. The predicted octanol–water partition coefficient (Wildman–Crippen LogP) is 4.80. The summed E-state index contributed by atoms with van der Waals surface area (Å²) in [5.41, 5.74) is 2.38. The van der Waals surface area contributed by atoms with Gasteiger partial charge in [0, 0.05) is 10.0 Å². The number of hydrogen-bond donors (Lipinski definition) is 0. The van der Waals surface area contributed by atoms with Crippen LogP contribution in [0.15, 0.2) is 53.6 Å². The molecule has 0 N–H and O–H groups in total. The summed E-state index contributed by atoms with van der Waals surface area (Å²) in [5.74, 6) is 0.0352. The topological polar surface area (TPSA) is 17.1 Å². The van der Waals surface area contributed by atoms with Crippen LogP contribution < -0.4 is 0 Å². The second-order valence-corrected chi connectivity index (χ2v) is 4.48. The van der Waals surface area contributed by atoms with Crippen molar-refractivity contribution in [3.63, 3.8) is 0 Å². The summed E-state index contributed by atoms with van der Waals surface area (Å²) in [7, 11) is 0. The molecule has 0 radical (unpaired) electrons. The third-order valence-corrected chi connectivity index (χ3v) is 2.97. The zero-order valence-electron chi connectivity index (χ0n) is 10.0. The minimum absolute atomic E-state index is 0.0352. The van der Waals surface area contributed by atoms with Gasteiger partial charge in [-0.05, 0) is 31.1 Å². The first kappa shape index (κ1) is 13.7. The fourth-order valence-corrected chi connectivity index (χ4v) is 2.17. The lowest BCUT2D eigenvalue weighted by molar-refractivity contribution is 0.101. The molecule has 88 valence electrons. The van der Waals surface area contributed by atoms with Crippen LogP contribution in [0.25, 0.3) is 5.57 Å². The lowest BCUT2D eigenvalue weighted by atomic mass is 9.98. The fraction of sp³-hybridized carbons (Fsp3) is 0.133. The smallest absolute Gasteiger partial charge is 0.161 e. The van der Waals surface area contributed by atoms with Crippen molar-refractivity contribution in [3.8, 4) is 0 Å². The van der Waals surface area contributed by atoms with Crippen LogP contribution in [0.5, 0.6) is 0 Å². The number of hydrogen-bond acceptors (Lipinski definition) is 1. The highest BCUT2D eigenvalue weighted by molar-refractivity contribution is 9.10. The van der Waals surface area contributed by atoms with Crippen molar-refractivity contribution < 1.29 is 4.79 Å². The van der Waals surface area contributed by atoms with E-state index in [1.54, 1.807) is 6.92 Å². The summed E-state index contributed by atoms with van der Waals surface area (Å²) in [6, 6.07) is 5.67. The van der Waals surface area contributed by atoms with Gasteiger partial charge in [-0.1, -0.05) is 58.9 Å². The standard InChI is InChI=1S/C15H15BrO/c1-4-5-6-8-11(2)13-9-7-10-14(16)15(13)12(3)17/h4-10H,2H2,1,3H3/b5-4-,8-6-. The van der Waals surface area contributed by atoms with Crippen molar-refractivity contribution in [3.05, 3.63) is 64.7 Å². The molecule has 0 heterocycles. The van der Waals surface area contributed by atoms with E-state index in [2.05, 4.69) is 22.5 Å². The zero-order valence-corrected chi connectivity index (χ0v) is 11.6. The van der Waals surface area contributed by atoms with Gasteiger partial charge in [0.05, 0.1) is 0 Å². The van der Waals surface area contributed by atoms with Gasteiger partial charge in [-0.3, -0.25) is 4.79 Å². The SMILES string of the molecule is C=C(/C=C\C=C/C)c1cccc(Br)c1C(C)=O. The van der Waals surface area contributed by atoms with Gasteiger partial charge in [0.25, 0.3) is 0 Å². The van der Waals surface area contributed by atoms with Crippen LogP contribution in [-0.2, 0) is 0 Å². The molecule has 1 nitrogen and oxygen atoms in total. The van der Waals surface area contributed by atoms with Crippen LogP contribution in [0.1, 0.15) is 29.8 Å². The largest absolute Gasteiger partial charge is 0.294 e. The Hall–Kier alpha value is -1.41. The van der Waals surface area contributed by atoms with Gasteiger partial charge in [0.15, 0.2) is 5.78 Å². The maximum Gasteiger partial charge on any atom is 0.161 e. The monoisotopic (exact) mass is 290 g/mol. The van der Waals surface area contributed by atoms with Gasteiger partial charge in [-0.25, -0.2) is 0 Å². The van der Waals surface area contributed by atoms with Crippen LogP contribution in [0, 0.1) is 0 Å². The van der Waals surface area contributed by atoms with Crippen LogP contribution in [0.4, 0.5) is 0 Å². The van der Waals surface area contributed by atoms with E-state index in [0.29, 0.717) is 5.56 Å². The molecule has 1 aromatic rings. The molecule has 0 aromatic heterocycles. The molecule has 0 aliphatic heterocycles. The second kappa shape index (κ2) is 6.36. The Morgan fingerprint density at radius 3 is 2.65 bits per heavy atom. The van der Waals surface area contributed by atoms with Crippen LogP contribution in [0.2, 0.25) is 0 Å². The average molecular weight is 291 g/mol. The molecule has 0 saturated carbocycles. The number of ketones is 1. The molecule has 0 aliphatic rings. The fourth-order valence-electron chi connectivity index (χ4n) is 1.52. The van der Waals surface area contributed by atoms with E-state index in [1.807, 2.05) is 49.4 Å². The maximum absolute atomic E-state index is 11.6. The summed E-state index contributed by atoms with van der Waals surface area (Å²) in [6.45, 7) is 7.50. The maximum atomic E-state index is 11.6. The zero-order chi connectivity index (χ0) is 12.8. The predicted molar refractivity (Wildman–Crippen MR) is 77.1 cm³/mol. The van der Waals surface area contributed by atoms with Crippen molar-refractivity contribution >= 4 is 27.3 Å². The number of allylic oxidation sites excluding steroid dienone is 5. The molecular formula is C15H15BrO. The van der Waals surface area contributed by atoms with E-state index < -0.39 is 0 Å². The summed E-state index contributed by atoms with van der Waals surface area (Å²) >= 11 is 3.40. The molecule has 2 heteroatoms. The van der Waals surface area contributed by atoms with Crippen molar-refractivity contribution in [1.82, 2.24) is 0 Å². The lowest BCUT2D eigenvalue weighted by Gasteiger charge is -2.08. The Morgan fingerprint density at radius 1 is 1.35 bits per heavy atom. The van der Waals surface area contributed by atoms with E-state index in [1.165, 1.54) is 0 Å². The van der Waals surface area contributed by atoms with Gasteiger partial charge >= 0.3 is 0 Å². The van der Waals surface area contributed by atoms with E-state index in [9.17, 15) is 4.79 Å². The van der Waals surface area contributed by atoms with Crippen LogP contribution >= 0.6 is 15.9 Å². The molecular weight excluding hydrogens is 276 g/mol. The Balaban J connectivity index is 3.18. The van der Waals surface area contributed by atoms with Crippen LogP contribution in [-0.4, -0.2) is 5.78 Å². The van der Waals surface area contributed by atoms with E-state index in [0.717, 1.165) is 15.6 Å². The highest BCUT2D eigenvalue weighted by Gasteiger charge is 2.11. The second-order valence-electron chi connectivity index (χ2n) is 3.63. The minimum atomic E-state index is 0.0352. The van der Waals surface area contributed by atoms with E-state index >= 15 is 0 Å². The van der Waals surface area contributed by atoms with Gasteiger partial charge in [0.1, 0.15) is 0 Å². The molecule has 0 aliphatic carbocycles. The lowest BCUT2D eigenvalue weighted by Crippen LogP contribution is -1.99. The normalized spacial score (nSPS) is 11.2. The molecule has 17 heavy (non-hydrogen) atoms. The molecule has 0 saturated heterocycles. The summed E-state index contributed by atoms with van der Waals surface area (Å²) < 4.78 is 0.808. The third kappa shape index (κ3) is 3.53. The Labute approximate surface area is 111 Å². The minimum Gasteiger partial charge on any atom is -0.294 e. The first-order valence-electron chi connectivity index (χ1n) is 5.36.